The van der Waals surface area contributed by atoms with E-state index in [2.05, 4.69) is 0 Å². The predicted molar refractivity (Wildman–Crippen MR) is 42.6 cm³/mol. The van der Waals surface area contributed by atoms with E-state index in [9.17, 15) is 9.28 Å². The Labute approximate surface area is 69.3 Å². The third-order valence-corrected chi connectivity index (χ3v) is 1.41. The Morgan fingerprint density at radius 2 is 2.00 bits per heavy atom. The molecule has 0 atom stereocenters. The molecular formula is C8H8FNO2. The zero-order chi connectivity index (χ0) is 8.97. The van der Waals surface area contributed by atoms with Gasteiger partial charge in [-0.25, -0.2) is 0 Å². The van der Waals surface area contributed by atoms with E-state index in [-0.39, 0.29) is 17.2 Å². The molecule has 0 aliphatic carbocycles. The van der Waals surface area contributed by atoms with Crippen molar-refractivity contribution in [1.29, 1.82) is 0 Å². The average Bonchev–Trinajstić information content (AvgIpc) is 2.17. The van der Waals surface area contributed by atoms with Crippen LogP contribution in [0.2, 0.25) is 0 Å². The highest BCUT2D eigenvalue weighted by Crippen LogP contribution is 2.17. The van der Waals surface area contributed by atoms with E-state index >= 15 is 0 Å². The molecular weight excluding hydrogens is 161 g/mol. The van der Waals surface area contributed by atoms with Crippen LogP contribution in [-0.4, -0.2) is 13.5 Å². The fraction of sp³-hybridized carbons (Fsp3) is 0.125. The minimum Gasteiger partial charge on any atom is -0.497 e. The molecule has 0 aliphatic rings. The van der Waals surface area contributed by atoms with Crippen molar-refractivity contribution >= 4 is 12.1 Å². The molecule has 0 bridgehead atoms. The van der Waals surface area contributed by atoms with Gasteiger partial charge in [0, 0.05) is 0 Å². The van der Waals surface area contributed by atoms with Gasteiger partial charge < -0.3 is 4.74 Å². The normalized spacial score (nSPS) is 9.17. The summed E-state index contributed by atoms with van der Waals surface area (Å²) in [4.78, 5) is 9.98. The average molecular weight is 169 g/mol. The van der Waals surface area contributed by atoms with E-state index in [0.29, 0.717) is 5.75 Å². The molecule has 0 spiro atoms. The van der Waals surface area contributed by atoms with Crippen LogP contribution in [0.4, 0.5) is 10.2 Å². The summed E-state index contributed by atoms with van der Waals surface area (Å²) in [5.41, 5.74) is 0.186. The van der Waals surface area contributed by atoms with Gasteiger partial charge in [0.15, 0.2) is 0 Å². The van der Waals surface area contributed by atoms with Gasteiger partial charge in [0.1, 0.15) is 5.75 Å². The van der Waals surface area contributed by atoms with Gasteiger partial charge in [0.2, 0.25) is 6.41 Å². The first-order valence-corrected chi connectivity index (χ1v) is 3.32. The third-order valence-electron chi connectivity index (χ3n) is 1.41. The minimum atomic E-state index is -0.000556. The van der Waals surface area contributed by atoms with Crippen LogP contribution in [0.1, 0.15) is 0 Å². The zero-order valence-electron chi connectivity index (χ0n) is 6.53. The molecule has 0 unspecified atom stereocenters. The van der Waals surface area contributed by atoms with Crippen molar-refractivity contribution in [3.05, 3.63) is 24.3 Å². The van der Waals surface area contributed by atoms with E-state index in [1.165, 1.54) is 19.2 Å². The summed E-state index contributed by atoms with van der Waals surface area (Å²) in [6, 6.07) is 6.05. The van der Waals surface area contributed by atoms with E-state index in [1.54, 1.807) is 12.1 Å². The number of ether oxygens (including phenoxy) is 1. The quantitative estimate of drug-likeness (QED) is 0.507. The lowest BCUT2D eigenvalue weighted by atomic mass is 10.3. The highest BCUT2D eigenvalue weighted by molar-refractivity contribution is 5.71. The highest BCUT2D eigenvalue weighted by atomic mass is 19.2. The lowest BCUT2D eigenvalue weighted by Gasteiger charge is -2.05. The maximum atomic E-state index is 12.5. The number of hydrogen-bond acceptors (Lipinski definition) is 2. The topological polar surface area (TPSA) is 29.5 Å². The maximum Gasteiger partial charge on any atom is 0.242 e. The summed E-state index contributed by atoms with van der Waals surface area (Å²) in [6.45, 7) is 0. The monoisotopic (exact) mass is 169 g/mol. The molecule has 1 amide bonds. The molecule has 1 aromatic rings. The molecule has 64 valence electrons. The van der Waals surface area contributed by atoms with Gasteiger partial charge >= 0.3 is 0 Å². The number of carbonyl (C=O) groups excluding carboxylic acids is 1. The summed E-state index contributed by atoms with van der Waals surface area (Å²) in [5, 5.41) is -0.000556. The van der Waals surface area contributed by atoms with E-state index in [4.69, 9.17) is 4.74 Å². The fourth-order valence-electron chi connectivity index (χ4n) is 0.785. The first-order chi connectivity index (χ1) is 5.77. The lowest BCUT2D eigenvalue weighted by Crippen LogP contribution is -2.07. The summed E-state index contributed by atoms with van der Waals surface area (Å²) in [7, 11) is 1.52. The lowest BCUT2D eigenvalue weighted by molar-refractivity contribution is -0.109. The second kappa shape index (κ2) is 3.71. The van der Waals surface area contributed by atoms with Crippen molar-refractivity contribution in [2.24, 2.45) is 0 Å². The van der Waals surface area contributed by atoms with Crippen LogP contribution in [0.3, 0.4) is 0 Å². The van der Waals surface area contributed by atoms with Crippen molar-refractivity contribution in [3.63, 3.8) is 0 Å². The Kier molecular flexibility index (Phi) is 2.63. The third kappa shape index (κ3) is 1.72. The van der Waals surface area contributed by atoms with Crippen molar-refractivity contribution in [2.75, 3.05) is 12.2 Å². The summed E-state index contributed by atoms with van der Waals surface area (Å²) in [6.07, 6.45) is 0.0990. The van der Waals surface area contributed by atoms with Gasteiger partial charge in [-0.05, 0) is 24.3 Å². The van der Waals surface area contributed by atoms with Crippen LogP contribution in [0, 0.1) is 0 Å². The number of anilines is 1. The molecule has 0 saturated carbocycles. The molecule has 0 aliphatic heterocycles. The number of hydrogen-bond donors (Lipinski definition) is 0. The van der Waals surface area contributed by atoms with Crippen LogP contribution < -0.4 is 9.86 Å². The Morgan fingerprint density at radius 3 is 2.42 bits per heavy atom. The SMILES string of the molecule is COc1ccc(N(F)C=O)cc1. The molecule has 0 heterocycles. The van der Waals surface area contributed by atoms with Gasteiger partial charge in [0.25, 0.3) is 0 Å². The van der Waals surface area contributed by atoms with Crippen molar-refractivity contribution in [3.8, 4) is 5.75 Å². The van der Waals surface area contributed by atoms with E-state index in [1.807, 2.05) is 0 Å². The second-order valence-electron chi connectivity index (χ2n) is 2.11. The van der Waals surface area contributed by atoms with Crippen LogP contribution >= 0.6 is 0 Å². The smallest absolute Gasteiger partial charge is 0.242 e. The molecule has 0 fully saturated rings. The number of carbonyl (C=O) groups is 1. The van der Waals surface area contributed by atoms with Gasteiger partial charge in [-0.2, -0.15) is 0 Å². The molecule has 0 radical (unpaired) electrons. The summed E-state index contributed by atoms with van der Waals surface area (Å²) in [5.74, 6) is 0.623. The Bertz CT molecular complexity index is 260. The Balaban J connectivity index is 2.84. The van der Waals surface area contributed by atoms with Gasteiger partial charge in [-0.15, -0.1) is 5.12 Å². The van der Waals surface area contributed by atoms with Gasteiger partial charge in [0.05, 0.1) is 12.8 Å². The number of halogens is 1. The molecule has 0 saturated heterocycles. The number of amides is 1. The number of benzene rings is 1. The summed E-state index contributed by atoms with van der Waals surface area (Å²) < 4.78 is 17.4. The van der Waals surface area contributed by atoms with Crippen LogP contribution in [0.5, 0.6) is 5.75 Å². The van der Waals surface area contributed by atoms with Crippen molar-refractivity contribution in [1.82, 2.24) is 0 Å². The molecule has 0 aromatic heterocycles. The van der Waals surface area contributed by atoms with Crippen LogP contribution in [0.15, 0.2) is 24.3 Å². The molecule has 0 N–H and O–H groups in total. The molecule has 3 nitrogen and oxygen atoms in total. The first kappa shape index (κ1) is 8.52. The maximum absolute atomic E-state index is 12.5. The van der Waals surface area contributed by atoms with E-state index in [0.717, 1.165) is 0 Å². The van der Waals surface area contributed by atoms with Gasteiger partial charge in [-0.1, -0.05) is 4.48 Å². The highest BCUT2D eigenvalue weighted by Gasteiger charge is 2.01. The van der Waals surface area contributed by atoms with Crippen molar-refractivity contribution < 1.29 is 14.0 Å². The number of nitrogens with zero attached hydrogens (tertiary/aromatic N) is 1. The minimum absolute atomic E-state index is 0.000556. The van der Waals surface area contributed by atoms with Crippen LogP contribution in [0.25, 0.3) is 0 Å². The zero-order valence-corrected chi connectivity index (χ0v) is 6.53. The van der Waals surface area contributed by atoms with Gasteiger partial charge in [-0.3, -0.25) is 4.79 Å². The number of methoxy groups -OCH3 is 1. The largest absolute Gasteiger partial charge is 0.497 e. The standard InChI is InChI=1S/C8H8FNO2/c1-12-8-4-2-7(3-5-8)10(9)6-11/h2-6H,1H3. The first-order valence-electron chi connectivity index (χ1n) is 3.32. The second-order valence-corrected chi connectivity index (χ2v) is 2.11. The molecule has 1 aromatic carbocycles. The fourth-order valence-corrected chi connectivity index (χ4v) is 0.785. The Morgan fingerprint density at radius 1 is 1.42 bits per heavy atom. The van der Waals surface area contributed by atoms with Crippen LogP contribution in [-0.2, 0) is 4.79 Å². The Hall–Kier alpha value is -1.58. The summed E-state index contributed by atoms with van der Waals surface area (Å²) >= 11 is 0. The van der Waals surface area contributed by atoms with Crippen molar-refractivity contribution in [2.45, 2.75) is 0 Å². The molecule has 12 heavy (non-hydrogen) atoms. The number of rotatable bonds is 3. The predicted octanol–water partition coefficient (Wildman–Crippen LogP) is 1.54. The molecule has 1 rings (SSSR count). The van der Waals surface area contributed by atoms with E-state index < -0.39 is 0 Å². The molecule has 4 heteroatoms.